The van der Waals surface area contributed by atoms with E-state index in [0.717, 1.165) is 0 Å². The molecule has 0 spiro atoms. The van der Waals surface area contributed by atoms with E-state index < -0.39 is 10.8 Å². The lowest BCUT2D eigenvalue weighted by molar-refractivity contribution is 0.687. The molecule has 10 heteroatoms. The Balaban J connectivity index is 2.19. The third-order valence-electron chi connectivity index (χ3n) is 2.13. The topological polar surface area (TPSA) is 124 Å². The molecule has 2 aromatic heterocycles. The SMILES string of the molecule is CS(=O)CCNc1nc(NN)nc(-n2cccn2)n1. The van der Waals surface area contributed by atoms with Crippen molar-refractivity contribution >= 4 is 22.7 Å². The van der Waals surface area contributed by atoms with E-state index in [4.69, 9.17) is 5.84 Å². The summed E-state index contributed by atoms with van der Waals surface area (Å²) in [4.78, 5) is 12.3. The molecule has 0 aliphatic rings. The van der Waals surface area contributed by atoms with Crippen LogP contribution in [0.25, 0.3) is 5.95 Å². The van der Waals surface area contributed by atoms with E-state index in [0.29, 0.717) is 24.2 Å². The fourth-order valence-electron chi connectivity index (χ4n) is 1.30. The molecule has 4 N–H and O–H groups in total. The maximum atomic E-state index is 11.0. The van der Waals surface area contributed by atoms with Crippen molar-refractivity contribution in [1.29, 1.82) is 0 Å². The normalized spacial score (nSPS) is 12.1. The molecule has 2 rings (SSSR count). The third-order valence-corrected chi connectivity index (χ3v) is 2.91. The quantitative estimate of drug-likeness (QED) is 0.461. The molecule has 0 aliphatic heterocycles. The van der Waals surface area contributed by atoms with Crippen LogP contribution in [0.5, 0.6) is 0 Å². The summed E-state index contributed by atoms with van der Waals surface area (Å²) < 4.78 is 12.5. The average molecular weight is 282 g/mol. The zero-order valence-corrected chi connectivity index (χ0v) is 11.1. The molecule has 1 unspecified atom stereocenters. The van der Waals surface area contributed by atoms with Crippen LogP contribution in [0.3, 0.4) is 0 Å². The summed E-state index contributed by atoms with van der Waals surface area (Å²) in [7, 11) is -0.873. The van der Waals surface area contributed by atoms with E-state index in [1.807, 2.05) is 0 Å². The van der Waals surface area contributed by atoms with Crippen molar-refractivity contribution in [3.05, 3.63) is 18.5 Å². The highest BCUT2D eigenvalue weighted by molar-refractivity contribution is 7.84. The second-order valence-corrected chi connectivity index (χ2v) is 5.14. The number of hydrazine groups is 1. The Hall–Kier alpha value is -2.07. The van der Waals surface area contributed by atoms with Gasteiger partial charge in [-0.25, -0.2) is 10.5 Å². The summed E-state index contributed by atoms with van der Waals surface area (Å²) >= 11 is 0. The van der Waals surface area contributed by atoms with Crippen LogP contribution in [0.1, 0.15) is 0 Å². The van der Waals surface area contributed by atoms with Gasteiger partial charge in [-0.15, -0.1) is 0 Å². The van der Waals surface area contributed by atoms with Gasteiger partial charge in [0.05, 0.1) is 0 Å². The molecule has 2 aromatic rings. The number of hydrogen-bond acceptors (Lipinski definition) is 8. The number of hydrogen-bond donors (Lipinski definition) is 3. The Morgan fingerprint density at radius 2 is 2.16 bits per heavy atom. The van der Waals surface area contributed by atoms with Gasteiger partial charge in [-0.1, -0.05) is 0 Å². The number of nitrogen functional groups attached to an aromatic ring is 1. The lowest BCUT2D eigenvalue weighted by Gasteiger charge is -2.07. The molecule has 102 valence electrons. The number of nitrogens with two attached hydrogens (primary N) is 1. The van der Waals surface area contributed by atoms with Gasteiger partial charge in [0.15, 0.2) is 0 Å². The number of anilines is 2. The van der Waals surface area contributed by atoms with Gasteiger partial charge in [0.2, 0.25) is 11.9 Å². The molecular formula is C9H14N8OS. The first-order chi connectivity index (χ1) is 9.19. The van der Waals surface area contributed by atoms with Crippen molar-refractivity contribution in [3.8, 4) is 5.95 Å². The van der Waals surface area contributed by atoms with Gasteiger partial charge in [0, 0.05) is 41.7 Å². The highest BCUT2D eigenvalue weighted by Crippen LogP contribution is 2.07. The molecule has 19 heavy (non-hydrogen) atoms. The number of aromatic nitrogens is 5. The van der Waals surface area contributed by atoms with E-state index in [9.17, 15) is 4.21 Å². The van der Waals surface area contributed by atoms with Gasteiger partial charge in [-0.05, 0) is 6.07 Å². The molecule has 0 fully saturated rings. The Bertz CT molecular complexity index is 557. The van der Waals surface area contributed by atoms with Crippen LogP contribution in [-0.4, -0.2) is 47.5 Å². The minimum Gasteiger partial charge on any atom is -0.353 e. The fourth-order valence-corrected chi connectivity index (χ4v) is 1.69. The first-order valence-corrected chi connectivity index (χ1v) is 7.18. The first kappa shape index (κ1) is 13.4. The van der Waals surface area contributed by atoms with Crippen LogP contribution in [-0.2, 0) is 10.8 Å². The molecule has 0 saturated carbocycles. The molecule has 0 bridgehead atoms. The largest absolute Gasteiger partial charge is 0.353 e. The zero-order chi connectivity index (χ0) is 13.7. The van der Waals surface area contributed by atoms with Gasteiger partial charge in [-0.2, -0.15) is 20.1 Å². The maximum Gasteiger partial charge on any atom is 0.257 e. The van der Waals surface area contributed by atoms with Crippen LogP contribution >= 0.6 is 0 Å². The Morgan fingerprint density at radius 3 is 2.79 bits per heavy atom. The monoisotopic (exact) mass is 282 g/mol. The zero-order valence-electron chi connectivity index (χ0n) is 10.3. The van der Waals surface area contributed by atoms with Crippen molar-refractivity contribution in [2.75, 3.05) is 29.3 Å². The first-order valence-electron chi connectivity index (χ1n) is 5.45. The van der Waals surface area contributed by atoms with Gasteiger partial charge in [-0.3, -0.25) is 9.63 Å². The predicted molar refractivity (Wildman–Crippen MR) is 72.2 cm³/mol. The molecule has 1 atom stereocenters. The number of nitrogens with one attached hydrogen (secondary N) is 2. The van der Waals surface area contributed by atoms with Crippen molar-refractivity contribution in [2.45, 2.75) is 0 Å². The summed E-state index contributed by atoms with van der Waals surface area (Å²) in [6, 6.07) is 1.76. The van der Waals surface area contributed by atoms with Crippen molar-refractivity contribution in [2.24, 2.45) is 5.84 Å². The minimum atomic E-state index is -0.873. The van der Waals surface area contributed by atoms with Gasteiger partial charge in [0.1, 0.15) is 0 Å². The van der Waals surface area contributed by atoms with E-state index in [1.165, 1.54) is 4.68 Å². The molecule has 0 amide bonds. The molecular weight excluding hydrogens is 268 g/mol. The fraction of sp³-hybridized carbons (Fsp3) is 0.333. The highest BCUT2D eigenvalue weighted by atomic mass is 32.2. The van der Waals surface area contributed by atoms with Crippen LogP contribution in [0.15, 0.2) is 18.5 Å². The van der Waals surface area contributed by atoms with Crippen molar-refractivity contribution in [1.82, 2.24) is 24.7 Å². The summed E-state index contributed by atoms with van der Waals surface area (Å²) in [5, 5.41) is 6.99. The predicted octanol–water partition coefficient (Wildman–Crippen LogP) is -0.867. The van der Waals surface area contributed by atoms with Gasteiger partial charge < -0.3 is 5.32 Å². The van der Waals surface area contributed by atoms with Crippen LogP contribution < -0.4 is 16.6 Å². The lowest BCUT2D eigenvalue weighted by atomic mass is 10.7. The van der Waals surface area contributed by atoms with Crippen molar-refractivity contribution in [3.63, 3.8) is 0 Å². The standard InChI is InChI=1S/C9H14N8OS/c1-19(18)6-4-11-7-13-8(16-10)15-9(14-7)17-5-2-3-12-17/h2-3,5H,4,6,10H2,1H3,(H2,11,13,14,15,16). The molecule has 0 radical (unpaired) electrons. The summed E-state index contributed by atoms with van der Waals surface area (Å²) in [6.07, 6.45) is 4.96. The average Bonchev–Trinajstić information content (AvgIpc) is 2.92. The summed E-state index contributed by atoms with van der Waals surface area (Å²) in [6.45, 7) is 0.496. The van der Waals surface area contributed by atoms with E-state index in [2.05, 4.69) is 30.8 Å². The summed E-state index contributed by atoms with van der Waals surface area (Å²) in [5.41, 5.74) is 2.37. The molecule has 2 heterocycles. The van der Waals surface area contributed by atoms with Crippen LogP contribution in [0.2, 0.25) is 0 Å². The molecule has 9 nitrogen and oxygen atoms in total. The third kappa shape index (κ3) is 3.69. The van der Waals surface area contributed by atoms with Gasteiger partial charge >= 0.3 is 0 Å². The summed E-state index contributed by atoms with van der Waals surface area (Å²) in [5.74, 6) is 6.73. The van der Waals surface area contributed by atoms with Crippen molar-refractivity contribution < 1.29 is 4.21 Å². The Kier molecular flexibility index (Phi) is 4.36. The Labute approximate surface area is 112 Å². The molecule has 0 saturated heterocycles. The highest BCUT2D eigenvalue weighted by Gasteiger charge is 2.07. The van der Waals surface area contributed by atoms with E-state index in [1.54, 1.807) is 24.7 Å². The number of rotatable bonds is 6. The van der Waals surface area contributed by atoms with Crippen LogP contribution in [0, 0.1) is 0 Å². The lowest BCUT2D eigenvalue weighted by Crippen LogP contribution is -2.17. The van der Waals surface area contributed by atoms with E-state index in [-0.39, 0.29) is 5.95 Å². The second-order valence-electron chi connectivity index (χ2n) is 3.58. The maximum absolute atomic E-state index is 11.0. The molecule has 0 aliphatic carbocycles. The van der Waals surface area contributed by atoms with Crippen LogP contribution in [0.4, 0.5) is 11.9 Å². The number of nitrogens with zero attached hydrogens (tertiary/aromatic N) is 5. The minimum absolute atomic E-state index is 0.223. The molecule has 0 aromatic carbocycles. The second kappa shape index (κ2) is 6.20. The van der Waals surface area contributed by atoms with E-state index >= 15 is 0 Å². The smallest absolute Gasteiger partial charge is 0.257 e. The van der Waals surface area contributed by atoms with Gasteiger partial charge in [0.25, 0.3) is 5.95 Å². The Morgan fingerprint density at radius 1 is 1.37 bits per heavy atom.